The van der Waals surface area contributed by atoms with Crippen molar-refractivity contribution in [2.24, 2.45) is 0 Å². The average Bonchev–Trinajstić information content (AvgIpc) is 2.82. The van der Waals surface area contributed by atoms with Crippen molar-refractivity contribution >= 4 is 51.9 Å². The summed E-state index contributed by atoms with van der Waals surface area (Å²) in [6.07, 6.45) is 1.72. The number of anilines is 1. The molecule has 1 aliphatic heterocycles. The van der Waals surface area contributed by atoms with E-state index in [1.165, 1.54) is 28.8 Å². The van der Waals surface area contributed by atoms with Crippen LogP contribution in [0.25, 0.3) is 6.08 Å². The van der Waals surface area contributed by atoms with Crippen LogP contribution in [-0.2, 0) is 4.79 Å². The van der Waals surface area contributed by atoms with Gasteiger partial charge in [-0.15, -0.1) is 0 Å². The average molecular weight is 341 g/mol. The summed E-state index contributed by atoms with van der Waals surface area (Å²) in [6.45, 7) is 0. The van der Waals surface area contributed by atoms with Crippen LogP contribution in [0.2, 0.25) is 0 Å². The number of benzene rings is 2. The maximum Gasteiger partial charge on any atom is 0.335 e. The van der Waals surface area contributed by atoms with Gasteiger partial charge in [-0.3, -0.25) is 9.69 Å². The van der Waals surface area contributed by atoms with Crippen molar-refractivity contribution in [2.75, 3.05) is 4.90 Å². The van der Waals surface area contributed by atoms with E-state index < -0.39 is 5.97 Å². The fourth-order valence-corrected chi connectivity index (χ4v) is 3.44. The van der Waals surface area contributed by atoms with Crippen molar-refractivity contribution in [3.8, 4) is 0 Å². The molecule has 1 fully saturated rings. The minimum Gasteiger partial charge on any atom is -0.478 e. The molecule has 0 atom stereocenters. The summed E-state index contributed by atoms with van der Waals surface area (Å²) in [4.78, 5) is 25.4. The Bertz CT molecular complexity index is 813. The van der Waals surface area contributed by atoms with Crippen LogP contribution in [0.1, 0.15) is 15.9 Å². The van der Waals surface area contributed by atoms with Gasteiger partial charge in [-0.25, -0.2) is 4.79 Å². The summed E-state index contributed by atoms with van der Waals surface area (Å²) in [7, 11) is 0. The largest absolute Gasteiger partial charge is 0.478 e. The molecule has 0 saturated carbocycles. The standard InChI is InChI=1S/C17H11NO3S2/c19-15-14(10-11-6-8-12(9-7-11)16(20)21)23-17(22)18(15)13-4-2-1-3-5-13/h1-10H,(H,20,21)/b14-10+. The maximum absolute atomic E-state index is 12.6. The molecule has 114 valence electrons. The molecule has 1 amide bonds. The van der Waals surface area contributed by atoms with Crippen molar-refractivity contribution in [1.29, 1.82) is 0 Å². The lowest BCUT2D eigenvalue weighted by Gasteiger charge is -2.13. The first-order valence-electron chi connectivity index (χ1n) is 6.72. The zero-order chi connectivity index (χ0) is 16.4. The van der Waals surface area contributed by atoms with Crippen LogP contribution in [0.3, 0.4) is 0 Å². The molecule has 3 rings (SSSR count). The second kappa shape index (κ2) is 6.36. The lowest BCUT2D eigenvalue weighted by Crippen LogP contribution is -2.27. The Hall–Kier alpha value is -2.44. The normalized spacial score (nSPS) is 16.2. The van der Waals surface area contributed by atoms with Gasteiger partial charge in [-0.1, -0.05) is 54.3 Å². The van der Waals surface area contributed by atoms with E-state index in [1.807, 2.05) is 30.3 Å². The van der Waals surface area contributed by atoms with Crippen molar-refractivity contribution in [2.45, 2.75) is 0 Å². The van der Waals surface area contributed by atoms with Gasteiger partial charge in [0.2, 0.25) is 0 Å². The lowest BCUT2D eigenvalue weighted by atomic mass is 10.1. The third kappa shape index (κ3) is 3.18. The van der Waals surface area contributed by atoms with Crippen molar-refractivity contribution in [1.82, 2.24) is 0 Å². The van der Waals surface area contributed by atoms with Gasteiger partial charge >= 0.3 is 5.97 Å². The molecule has 2 aromatic rings. The number of nitrogens with zero attached hydrogens (tertiary/aromatic N) is 1. The Morgan fingerprint density at radius 1 is 1.09 bits per heavy atom. The number of carbonyl (C=O) groups is 2. The zero-order valence-electron chi connectivity index (χ0n) is 11.8. The fraction of sp³-hybridized carbons (Fsp3) is 0. The molecule has 1 N–H and O–H groups in total. The van der Waals surface area contributed by atoms with Crippen molar-refractivity contribution < 1.29 is 14.7 Å². The summed E-state index contributed by atoms with van der Waals surface area (Å²) in [5.41, 5.74) is 1.70. The van der Waals surface area contributed by atoms with E-state index in [1.54, 1.807) is 18.2 Å². The molecule has 1 saturated heterocycles. The molecule has 0 aliphatic carbocycles. The molecule has 1 aliphatic rings. The molecule has 0 bridgehead atoms. The molecule has 0 unspecified atom stereocenters. The molecule has 1 heterocycles. The highest BCUT2D eigenvalue weighted by molar-refractivity contribution is 8.27. The van der Waals surface area contributed by atoms with Gasteiger partial charge in [-0.2, -0.15) is 0 Å². The Morgan fingerprint density at radius 3 is 2.35 bits per heavy atom. The predicted octanol–water partition coefficient (Wildman–Crippen LogP) is 3.79. The monoisotopic (exact) mass is 341 g/mol. The number of thioether (sulfide) groups is 1. The molecule has 0 aromatic heterocycles. The highest BCUT2D eigenvalue weighted by Crippen LogP contribution is 2.35. The van der Waals surface area contributed by atoms with Gasteiger partial charge in [0.05, 0.1) is 16.2 Å². The Morgan fingerprint density at radius 2 is 1.74 bits per heavy atom. The number of carboxylic acid groups (broad SMARTS) is 1. The highest BCUT2D eigenvalue weighted by Gasteiger charge is 2.33. The first-order chi connectivity index (χ1) is 11.1. The Kier molecular flexibility index (Phi) is 4.27. The predicted molar refractivity (Wildman–Crippen MR) is 95.5 cm³/mol. The summed E-state index contributed by atoms with van der Waals surface area (Å²) < 4.78 is 0.481. The van der Waals surface area contributed by atoms with Gasteiger partial charge in [0.15, 0.2) is 4.32 Å². The van der Waals surface area contributed by atoms with E-state index in [0.29, 0.717) is 9.23 Å². The number of rotatable bonds is 3. The summed E-state index contributed by atoms with van der Waals surface area (Å²) >= 11 is 6.53. The van der Waals surface area contributed by atoms with E-state index in [2.05, 4.69) is 0 Å². The molecule has 0 radical (unpaired) electrons. The van der Waals surface area contributed by atoms with E-state index in [-0.39, 0.29) is 11.5 Å². The third-order valence-corrected chi connectivity index (χ3v) is 4.57. The van der Waals surface area contributed by atoms with Gasteiger partial charge in [0.1, 0.15) is 0 Å². The third-order valence-electron chi connectivity index (χ3n) is 3.26. The summed E-state index contributed by atoms with van der Waals surface area (Å²) in [5.74, 6) is -1.15. The molecule has 2 aromatic carbocycles. The molecule has 0 spiro atoms. The van der Waals surface area contributed by atoms with E-state index in [0.717, 1.165) is 11.3 Å². The smallest absolute Gasteiger partial charge is 0.335 e. The lowest BCUT2D eigenvalue weighted by molar-refractivity contribution is -0.113. The van der Waals surface area contributed by atoms with Crippen LogP contribution < -0.4 is 4.90 Å². The topological polar surface area (TPSA) is 57.6 Å². The number of hydrogen-bond acceptors (Lipinski definition) is 4. The van der Waals surface area contributed by atoms with Gasteiger partial charge < -0.3 is 5.11 Å². The minimum absolute atomic E-state index is 0.173. The van der Waals surface area contributed by atoms with Gasteiger partial charge in [0, 0.05) is 0 Å². The maximum atomic E-state index is 12.6. The van der Waals surface area contributed by atoms with E-state index >= 15 is 0 Å². The van der Waals surface area contributed by atoms with E-state index in [4.69, 9.17) is 17.3 Å². The summed E-state index contributed by atoms with van der Waals surface area (Å²) in [5, 5.41) is 8.90. The number of aromatic carboxylic acids is 1. The quantitative estimate of drug-likeness (QED) is 0.680. The van der Waals surface area contributed by atoms with Crippen molar-refractivity contribution in [3.05, 3.63) is 70.6 Å². The second-order valence-corrected chi connectivity index (χ2v) is 6.46. The van der Waals surface area contributed by atoms with Crippen LogP contribution in [-0.4, -0.2) is 21.3 Å². The fourth-order valence-electron chi connectivity index (χ4n) is 2.14. The number of carboxylic acids is 1. The SMILES string of the molecule is O=C(O)c1ccc(/C=C2/SC(=S)N(c3ccccc3)C2=O)cc1. The Balaban J connectivity index is 1.88. The molecule has 6 heteroatoms. The first-order valence-corrected chi connectivity index (χ1v) is 7.95. The number of amides is 1. The van der Waals surface area contributed by atoms with Crippen LogP contribution in [0, 0.1) is 0 Å². The number of para-hydroxylation sites is 1. The van der Waals surface area contributed by atoms with Crippen molar-refractivity contribution in [3.63, 3.8) is 0 Å². The van der Waals surface area contributed by atoms with Crippen LogP contribution in [0.5, 0.6) is 0 Å². The minimum atomic E-state index is -0.980. The molecular weight excluding hydrogens is 330 g/mol. The summed E-state index contributed by atoms with van der Waals surface area (Å²) in [6, 6.07) is 15.6. The van der Waals surface area contributed by atoms with Crippen LogP contribution in [0.4, 0.5) is 5.69 Å². The molecular formula is C17H11NO3S2. The number of hydrogen-bond donors (Lipinski definition) is 1. The Labute approximate surface area is 142 Å². The van der Waals surface area contributed by atoms with E-state index in [9.17, 15) is 9.59 Å². The number of thiocarbonyl (C=S) groups is 1. The van der Waals surface area contributed by atoms with Crippen LogP contribution in [0.15, 0.2) is 59.5 Å². The second-order valence-electron chi connectivity index (χ2n) is 4.78. The van der Waals surface area contributed by atoms with Gasteiger partial charge in [-0.05, 0) is 35.9 Å². The zero-order valence-corrected chi connectivity index (χ0v) is 13.4. The molecule has 23 heavy (non-hydrogen) atoms. The van der Waals surface area contributed by atoms with Crippen LogP contribution >= 0.6 is 24.0 Å². The highest BCUT2D eigenvalue weighted by atomic mass is 32.2. The molecule has 4 nitrogen and oxygen atoms in total. The van der Waals surface area contributed by atoms with Gasteiger partial charge in [0.25, 0.3) is 5.91 Å². The first kappa shape index (κ1) is 15.5. The number of carbonyl (C=O) groups excluding carboxylic acids is 1.